The lowest BCUT2D eigenvalue weighted by Gasteiger charge is -2.12. The van der Waals surface area contributed by atoms with Gasteiger partial charge in [0.2, 0.25) is 0 Å². The van der Waals surface area contributed by atoms with Crippen LogP contribution in [0.5, 0.6) is 0 Å². The van der Waals surface area contributed by atoms with Gasteiger partial charge in [-0.3, -0.25) is 9.78 Å². The van der Waals surface area contributed by atoms with Crippen molar-refractivity contribution in [1.82, 2.24) is 4.98 Å². The van der Waals surface area contributed by atoms with E-state index in [1.807, 2.05) is 0 Å². The maximum absolute atomic E-state index is 12.5. The first-order chi connectivity index (χ1) is 6.73. The van der Waals surface area contributed by atoms with E-state index in [2.05, 4.69) is 4.98 Å². The molecule has 1 aromatic heterocycles. The Morgan fingerprint density at radius 3 is 2.33 bits per heavy atom. The molecule has 15 heavy (non-hydrogen) atoms. The van der Waals surface area contributed by atoms with E-state index in [0.29, 0.717) is 0 Å². The minimum Gasteiger partial charge on any atom is -0.276 e. The quantitative estimate of drug-likeness (QED) is 0.703. The van der Waals surface area contributed by atoms with E-state index in [-0.39, 0.29) is 11.4 Å². The molecule has 0 aliphatic rings. The molecule has 0 unspecified atom stereocenters. The fourth-order valence-corrected chi connectivity index (χ4v) is 1.54. The minimum absolute atomic E-state index is 0.0117. The standard InChI is InChI=1S/C9H7ClF3NO/c1-4-3-6(9(11,12)13)7(8(10)15)5(2)14-4/h3H,1-2H3. The summed E-state index contributed by atoms with van der Waals surface area (Å²) in [6, 6.07) is 0.808. The number of rotatable bonds is 1. The van der Waals surface area contributed by atoms with Gasteiger partial charge in [-0.2, -0.15) is 13.2 Å². The lowest BCUT2D eigenvalue weighted by atomic mass is 10.1. The topological polar surface area (TPSA) is 30.0 Å². The van der Waals surface area contributed by atoms with Crippen LogP contribution in [-0.4, -0.2) is 10.2 Å². The Bertz CT molecular complexity index is 415. The van der Waals surface area contributed by atoms with Gasteiger partial charge in [-0.05, 0) is 31.5 Å². The first kappa shape index (κ1) is 12.0. The minimum atomic E-state index is -4.60. The summed E-state index contributed by atoms with van der Waals surface area (Å²) in [5.74, 6) is 0. The zero-order valence-corrected chi connectivity index (χ0v) is 8.70. The largest absolute Gasteiger partial charge is 0.417 e. The third-order valence-electron chi connectivity index (χ3n) is 1.83. The van der Waals surface area contributed by atoms with Crippen LogP contribution in [0.25, 0.3) is 0 Å². The van der Waals surface area contributed by atoms with Crippen LogP contribution in [0.2, 0.25) is 0 Å². The molecule has 0 aromatic carbocycles. The van der Waals surface area contributed by atoms with Crippen LogP contribution in [-0.2, 0) is 6.18 Å². The smallest absolute Gasteiger partial charge is 0.276 e. The van der Waals surface area contributed by atoms with Crippen molar-refractivity contribution in [3.8, 4) is 0 Å². The van der Waals surface area contributed by atoms with Crippen molar-refractivity contribution in [2.24, 2.45) is 0 Å². The van der Waals surface area contributed by atoms with Crippen LogP contribution in [0.1, 0.15) is 27.3 Å². The van der Waals surface area contributed by atoms with E-state index < -0.39 is 22.5 Å². The average Bonchev–Trinajstić information content (AvgIpc) is 1.99. The second-order valence-electron chi connectivity index (χ2n) is 3.04. The first-order valence-corrected chi connectivity index (χ1v) is 4.36. The van der Waals surface area contributed by atoms with Gasteiger partial charge in [0, 0.05) is 5.69 Å². The molecule has 0 saturated carbocycles. The summed E-state index contributed by atoms with van der Waals surface area (Å²) in [6.45, 7) is 2.74. The number of aromatic nitrogens is 1. The third kappa shape index (κ3) is 2.47. The fourth-order valence-electron chi connectivity index (χ4n) is 1.30. The maximum Gasteiger partial charge on any atom is 0.417 e. The highest BCUT2D eigenvalue weighted by Crippen LogP contribution is 2.34. The SMILES string of the molecule is Cc1cc(C(F)(F)F)c(C(=O)Cl)c(C)n1. The van der Waals surface area contributed by atoms with Gasteiger partial charge in [-0.15, -0.1) is 0 Å². The summed E-state index contributed by atoms with van der Waals surface area (Å²) in [5, 5.41) is -1.15. The van der Waals surface area contributed by atoms with Crippen molar-refractivity contribution in [2.45, 2.75) is 20.0 Å². The van der Waals surface area contributed by atoms with E-state index in [1.165, 1.54) is 13.8 Å². The van der Waals surface area contributed by atoms with Crippen molar-refractivity contribution in [3.63, 3.8) is 0 Å². The highest BCUT2D eigenvalue weighted by molar-refractivity contribution is 6.68. The van der Waals surface area contributed by atoms with Gasteiger partial charge in [0.1, 0.15) is 0 Å². The summed E-state index contributed by atoms with van der Waals surface area (Å²) >= 11 is 5.09. The predicted molar refractivity (Wildman–Crippen MR) is 48.9 cm³/mol. The molecular weight excluding hydrogens is 231 g/mol. The molecule has 0 bridgehead atoms. The Labute approximate surface area is 89.1 Å². The van der Waals surface area contributed by atoms with E-state index in [0.717, 1.165) is 6.07 Å². The summed E-state index contributed by atoms with van der Waals surface area (Å²) in [5.41, 5.74) is -1.42. The molecule has 0 spiro atoms. The van der Waals surface area contributed by atoms with Crippen LogP contribution in [0.15, 0.2) is 6.07 Å². The van der Waals surface area contributed by atoms with E-state index in [1.54, 1.807) is 0 Å². The first-order valence-electron chi connectivity index (χ1n) is 3.98. The Balaban J connectivity index is 3.54. The van der Waals surface area contributed by atoms with Crippen LogP contribution in [0, 0.1) is 13.8 Å². The average molecular weight is 238 g/mol. The van der Waals surface area contributed by atoms with Crippen LogP contribution < -0.4 is 0 Å². The molecule has 82 valence electrons. The monoisotopic (exact) mass is 237 g/mol. The van der Waals surface area contributed by atoms with Gasteiger partial charge in [0.25, 0.3) is 5.24 Å². The lowest BCUT2D eigenvalue weighted by molar-refractivity contribution is -0.138. The Kier molecular flexibility index (Phi) is 3.04. The van der Waals surface area contributed by atoms with Crippen LogP contribution >= 0.6 is 11.6 Å². The second kappa shape index (κ2) is 3.81. The third-order valence-corrected chi connectivity index (χ3v) is 2.02. The molecule has 0 atom stereocenters. The normalized spacial score (nSPS) is 11.6. The molecule has 0 radical (unpaired) electrons. The number of nitrogens with zero attached hydrogens (tertiary/aromatic N) is 1. The predicted octanol–water partition coefficient (Wildman–Crippen LogP) is 3.10. The van der Waals surface area contributed by atoms with Crippen molar-refractivity contribution < 1.29 is 18.0 Å². The van der Waals surface area contributed by atoms with Crippen molar-refractivity contribution in [3.05, 3.63) is 28.6 Å². The maximum atomic E-state index is 12.5. The molecule has 0 saturated heterocycles. The fraction of sp³-hybridized carbons (Fsp3) is 0.333. The number of alkyl halides is 3. The molecule has 1 rings (SSSR count). The molecule has 1 aromatic rings. The molecule has 2 nitrogen and oxygen atoms in total. The Morgan fingerprint density at radius 1 is 1.40 bits per heavy atom. The second-order valence-corrected chi connectivity index (χ2v) is 3.39. The zero-order chi connectivity index (χ0) is 11.8. The van der Waals surface area contributed by atoms with E-state index in [9.17, 15) is 18.0 Å². The summed E-state index contributed by atoms with van der Waals surface area (Å²) < 4.78 is 37.6. The van der Waals surface area contributed by atoms with Gasteiger partial charge >= 0.3 is 6.18 Å². The molecule has 6 heteroatoms. The number of carbonyl (C=O) groups excluding carboxylic acids is 1. The molecular formula is C9H7ClF3NO. The van der Waals surface area contributed by atoms with Gasteiger partial charge in [-0.25, -0.2) is 0 Å². The number of hydrogen-bond donors (Lipinski definition) is 0. The summed E-state index contributed by atoms with van der Waals surface area (Å²) in [6.07, 6.45) is -4.60. The molecule has 0 N–H and O–H groups in total. The zero-order valence-electron chi connectivity index (χ0n) is 7.94. The van der Waals surface area contributed by atoms with E-state index in [4.69, 9.17) is 11.6 Å². The van der Waals surface area contributed by atoms with Gasteiger partial charge in [0.15, 0.2) is 0 Å². The number of pyridine rings is 1. The molecule has 1 heterocycles. The highest BCUT2D eigenvalue weighted by Gasteiger charge is 2.36. The molecule has 0 aliphatic heterocycles. The van der Waals surface area contributed by atoms with Crippen molar-refractivity contribution in [1.29, 1.82) is 0 Å². The Hall–Kier alpha value is -1.10. The highest BCUT2D eigenvalue weighted by atomic mass is 35.5. The summed E-state index contributed by atoms with van der Waals surface area (Å²) in [7, 11) is 0. The van der Waals surface area contributed by atoms with Gasteiger partial charge in [0.05, 0.1) is 16.8 Å². The van der Waals surface area contributed by atoms with E-state index >= 15 is 0 Å². The van der Waals surface area contributed by atoms with Gasteiger partial charge in [-0.1, -0.05) is 0 Å². The number of aryl methyl sites for hydroxylation is 2. The summed E-state index contributed by atoms with van der Waals surface area (Å²) in [4.78, 5) is 14.6. The van der Waals surface area contributed by atoms with Gasteiger partial charge < -0.3 is 0 Å². The Morgan fingerprint density at radius 2 is 1.93 bits per heavy atom. The lowest BCUT2D eigenvalue weighted by Crippen LogP contribution is -2.14. The van der Waals surface area contributed by atoms with Crippen molar-refractivity contribution >= 4 is 16.8 Å². The molecule has 0 fully saturated rings. The number of halogens is 4. The molecule has 0 amide bonds. The number of hydrogen-bond acceptors (Lipinski definition) is 2. The van der Waals surface area contributed by atoms with Crippen LogP contribution in [0.4, 0.5) is 13.2 Å². The number of carbonyl (C=O) groups is 1. The van der Waals surface area contributed by atoms with Crippen LogP contribution in [0.3, 0.4) is 0 Å². The van der Waals surface area contributed by atoms with Crippen molar-refractivity contribution in [2.75, 3.05) is 0 Å². The molecule has 0 aliphatic carbocycles.